The van der Waals surface area contributed by atoms with Crippen molar-refractivity contribution >= 4 is 0 Å². The molecule has 1 aromatic carbocycles. The molecule has 0 radical (unpaired) electrons. The minimum Gasteiger partial charge on any atom is -0.491 e. The zero-order chi connectivity index (χ0) is 12.3. The molecule has 0 atom stereocenters. The van der Waals surface area contributed by atoms with E-state index in [9.17, 15) is 0 Å². The molecule has 0 saturated heterocycles. The first kappa shape index (κ1) is 11.6. The zero-order valence-corrected chi connectivity index (χ0v) is 10.3. The van der Waals surface area contributed by atoms with Gasteiger partial charge in [-0.25, -0.2) is 0 Å². The highest BCUT2D eigenvalue weighted by molar-refractivity contribution is 5.61. The topological polar surface area (TPSA) is 35.0 Å². The molecule has 1 aromatic heterocycles. The van der Waals surface area contributed by atoms with Gasteiger partial charge in [0.1, 0.15) is 5.75 Å². The number of rotatable bonds is 3. The molecule has 0 aliphatic carbocycles. The average molecular weight is 228 g/mol. The van der Waals surface area contributed by atoms with Gasteiger partial charge in [-0.2, -0.15) is 0 Å². The van der Waals surface area contributed by atoms with E-state index in [1.165, 1.54) is 0 Å². The summed E-state index contributed by atoms with van der Waals surface area (Å²) in [5.41, 5.74) is 2.92. The van der Waals surface area contributed by atoms with Crippen LogP contribution in [0.2, 0.25) is 0 Å². The Labute approximate surface area is 102 Å². The highest BCUT2D eigenvalue weighted by atomic mass is 16.5. The quantitative estimate of drug-likeness (QED) is 0.809. The standard InChI is InChI=1S/C14H16N2O/c1-10(2)17-13-6-4-12(5-7-13)14-11(3)15-8-9-16-14/h4-10H,1-3H3. The van der Waals surface area contributed by atoms with Crippen LogP contribution in [0.3, 0.4) is 0 Å². The van der Waals surface area contributed by atoms with Gasteiger partial charge in [-0.1, -0.05) is 0 Å². The number of aryl methyl sites for hydroxylation is 1. The van der Waals surface area contributed by atoms with Crippen LogP contribution in [0.1, 0.15) is 19.5 Å². The Kier molecular flexibility index (Phi) is 3.38. The van der Waals surface area contributed by atoms with Gasteiger partial charge in [0, 0.05) is 18.0 Å². The maximum Gasteiger partial charge on any atom is 0.119 e. The molecule has 17 heavy (non-hydrogen) atoms. The summed E-state index contributed by atoms with van der Waals surface area (Å²) in [6.45, 7) is 5.99. The summed E-state index contributed by atoms with van der Waals surface area (Å²) in [7, 11) is 0. The van der Waals surface area contributed by atoms with E-state index in [1.54, 1.807) is 12.4 Å². The monoisotopic (exact) mass is 228 g/mol. The molecular weight excluding hydrogens is 212 g/mol. The first-order chi connectivity index (χ1) is 8.16. The van der Waals surface area contributed by atoms with Crippen LogP contribution in [-0.4, -0.2) is 16.1 Å². The minimum atomic E-state index is 0.194. The summed E-state index contributed by atoms with van der Waals surface area (Å²) < 4.78 is 5.60. The van der Waals surface area contributed by atoms with Gasteiger partial charge in [0.05, 0.1) is 17.5 Å². The van der Waals surface area contributed by atoms with E-state index in [1.807, 2.05) is 45.0 Å². The molecule has 88 valence electrons. The first-order valence-electron chi connectivity index (χ1n) is 5.71. The van der Waals surface area contributed by atoms with Crippen molar-refractivity contribution in [2.45, 2.75) is 26.9 Å². The Morgan fingerprint density at radius 2 is 1.65 bits per heavy atom. The lowest BCUT2D eigenvalue weighted by molar-refractivity contribution is 0.242. The van der Waals surface area contributed by atoms with Crippen LogP contribution in [0.25, 0.3) is 11.3 Å². The van der Waals surface area contributed by atoms with E-state index in [2.05, 4.69) is 9.97 Å². The van der Waals surface area contributed by atoms with Crippen LogP contribution in [0.15, 0.2) is 36.7 Å². The summed E-state index contributed by atoms with van der Waals surface area (Å²) in [4.78, 5) is 8.57. The van der Waals surface area contributed by atoms with Crippen LogP contribution in [0.4, 0.5) is 0 Å². The maximum atomic E-state index is 5.60. The highest BCUT2D eigenvalue weighted by Gasteiger charge is 2.04. The molecular formula is C14H16N2O. The Bertz CT molecular complexity index is 492. The molecule has 0 aliphatic heterocycles. The van der Waals surface area contributed by atoms with Gasteiger partial charge in [-0.15, -0.1) is 0 Å². The van der Waals surface area contributed by atoms with E-state index in [4.69, 9.17) is 4.74 Å². The van der Waals surface area contributed by atoms with Crippen LogP contribution in [-0.2, 0) is 0 Å². The summed E-state index contributed by atoms with van der Waals surface area (Å²) in [5.74, 6) is 0.880. The number of hydrogen-bond donors (Lipinski definition) is 0. The third kappa shape index (κ3) is 2.81. The second kappa shape index (κ2) is 4.95. The molecule has 0 N–H and O–H groups in total. The molecule has 0 saturated carbocycles. The largest absolute Gasteiger partial charge is 0.491 e. The first-order valence-corrected chi connectivity index (χ1v) is 5.71. The fraction of sp³-hybridized carbons (Fsp3) is 0.286. The molecule has 0 spiro atoms. The van der Waals surface area contributed by atoms with Crippen LogP contribution in [0, 0.1) is 6.92 Å². The molecule has 2 aromatic rings. The molecule has 0 bridgehead atoms. The van der Waals surface area contributed by atoms with Crippen LogP contribution >= 0.6 is 0 Å². The fourth-order valence-electron chi connectivity index (χ4n) is 1.65. The van der Waals surface area contributed by atoms with E-state index < -0.39 is 0 Å². The molecule has 0 amide bonds. The summed E-state index contributed by atoms with van der Waals surface area (Å²) >= 11 is 0. The number of aromatic nitrogens is 2. The normalized spacial score (nSPS) is 10.6. The third-order valence-electron chi connectivity index (χ3n) is 2.38. The summed E-state index contributed by atoms with van der Waals surface area (Å²) in [6.07, 6.45) is 3.61. The SMILES string of the molecule is Cc1nccnc1-c1ccc(OC(C)C)cc1. The molecule has 0 unspecified atom stereocenters. The number of ether oxygens (including phenoxy) is 1. The van der Waals surface area contributed by atoms with E-state index >= 15 is 0 Å². The van der Waals surface area contributed by atoms with Crippen molar-refractivity contribution in [3.63, 3.8) is 0 Å². The van der Waals surface area contributed by atoms with Gasteiger partial charge in [0.2, 0.25) is 0 Å². The van der Waals surface area contributed by atoms with Gasteiger partial charge < -0.3 is 4.74 Å². The van der Waals surface area contributed by atoms with Gasteiger partial charge in [0.25, 0.3) is 0 Å². The lowest BCUT2D eigenvalue weighted by atomic mass is 10.1. The smallest absolute Gasteiger partial charge is 0.119 e. The molecule has 0 aliphatic rings. The lowest BCUT2D eigenvalue weighted by Crippen LogP contribution is -2.05. The van der Waals surface area contributed by atoms with Crippen molar-refractivity contribution in [1.82, 2.24) is 9.97 Å². The van der Waals surface area contributed by atoms with Crippen molar-refractivity contribution in [3.05, 3.63) is 42.4 Å². The van der Waals surface area contributed by atoms with E-state index in [0.29, 0.717) is 0 Å². The summed E-state index contributed by atoms with van der Waals surface area (Å²) in [6, 6.07) is 7.94. The van der Waals surface area contributed by atoms with E-state index in [-0.39, 0.29) is 6.10 Å². The average Bonchev–Trinajstić information content (AvgIpc) is 2.30. The second-order valence-electron chi connectivity index (χ2n) is 4.18. The van der Waals surface area contributed by atoms with Crippen LogP contribution in [0.5, 0.6) is 5.75 Å². The van der Waals surface area contributed by atoms with Crippen molar-refractivity contribution < 1.29 is 4.74 Å². The maximum absolute atomic E-state index is 5.60. The Morgan fingerprint density at radius 3 is 2.24 bits per heavy atom. The molecule has 0 fully saturated rings. The van der Waals surface area contributed by atoms with E-state index in [0.717, 1.165) is 22.7 Å². The number of hydrogen-bond acceptors (Lipinski definition) is 3. The zero-order valence-electron chi connectivity index (χ0n) is 10.3. The Morgan fingerprint density at radius 1 is 1.00 bits per heavy atom. The van der Waals surface area contributed by atoms with Crippen molar-refractivity contribution in [1.29, 1.82) is 0 Å². The highest BCUT2D eigenvalue weighted by Crippen LogP contribution is 2.22. The number of benzene rings is 1. The van der Waals surface area contributed by atoms with Gasteiger partial charge in [0.15, 0.2) is 0 Å². The van der Waals surface area contributed by atoms with Crippen molar-refractivity contribution in [2.24, 2.45) is 0 Å². The van der Waals surface area contributed by atoms with Crippen molar-refractivity contribution in [3.8, 4) is 17.0 Å². The summed E-state index contributed by atoms with van der Waals surface area (Å²) in [5, 5.41) is 0. The molecule has 3 nitrogen and oxygen atoms in total. The molecule has 3 heteroatoms. The predicted octanol–water partition coefficient (Wildman–Crippen LogP) is 3.24. The van der Waals surface area contributed by atoms with Gasteiger partial charge in [-0.05, 0) is 45.0 Å². The molecule has 2 rings (SSSR count). The Balaban J connectivity index is 2.27. The fourth-order valence-corrected chi connectivity index (χ4v) is 1.65. The third-order valence-corrected chi connectivity index (χ3v) is 2.38. The minimum absolute atomic E-state index is 0.194. The second-order valence-corrected chi connectivity index (χ2v) is 4.18. The van der Waals surface area contributed by atoms with Crippen molar-refractivity contribution in [2.75, 3.05) is 0 Å². The van der Waals surface area contributed by atoms with Crippen LogP contribution < -0.4 is 4.74 Å². The lowest BCUT2D eigenvalue weighted by Gasteiger charge is -2.10. The predicted molar refractivity (Wildman–Crippen MR) is 68.0 cm³/mol. The Hall–Kier alpha value is -1.90. The number of nitrogens with zero attached hydrogens (tertiary/aromatic N) is 2. The molecule has 1 heterocycles. The van der Waals surface area contributed by atoms with Gasteiger partial charge in [-0.3, -0.25) is 9.97 Å². The van der Waals surface area contributed by atoms with Gasteiger partial charge >= 0.3 is 0 Å².